The molecule has 0 atom stereocenters. The molecule has 0 radical (unpaired) electrons. The fourth-order valence-corrected chi connectivity index (χ4v) is 4.88. The number of nitrogens with two attached hydrogens (primary N) is 1. The highest BCUT2D eigenvalue weighted by atomic mass is 35.5. The molecule has 10 heteroatoms. The minimum atomic E-state index is -0.760. The quantitative estimate of drug-likeness (QED) is 0.557. The first-order chi connectivity index (χ1) is 14.8. The number of aromatic nitrogens is 3. The molecule has 2 heterocycles. The molecule has 4 N–H and O–H groups in total. The maximum atomic E-state index is 12.4. The SMILES string of the molecule is Nc1nn(-c2cc(Cl)c(Cc3ccc4c(c3)C3(CCC3)C(=O)N4)c(Cl)c2)c(=O)[nH]c1=O. The highest BCUT2D eigenvalue weighted by Gasteiger charge is 2.50. The summed E-state index contributed by atoms with van der Waals surface area (Å²) in [5.41, 5.74) is 7.43. The van der Waals surface area contributed by atoms with Crippen LogP contribution in [0.5, 0.6) is 0 Å². The van der Waals surface area contributed by atoms with Gasteiger partial charge in [-0.25, -0.2) is 4.79 Å². The lowest BCUT2D eigenvalue weighted by Gasteiger charge is -2.36. The van der Waals surface area contributed by atoms with Crippen LogP contribution in [0.2, 0.25) is 10.0 Å². The molecule has 1 aromatic heterocycles. The van der Waals surface area contributed by atoms with E-state index in [1.807, 2.05) is 18.2 Å². The van der Waals surface area contributed by atoms with Crippen molar-refractivity contribution in [2.24, 2.45) is 0 Å². The lowest BCUT2D eigenvalue weighted by molar-refractivity contribution is -0.123. The van der Waals surface area contributed by atoms with Gasteiger partial charge in [0.15, 0.2) is 0 Å². The maximum Gasteiger partial charge on any atom is 0.349 e. The Bertz CT molecular complexity index is 1350. The molecule has 0 bridgehead atoms. The third kappa shape index (κ3) is 3.05. The first kappa shape index (κ1) is 19.8. The lowest BCUT2D eigenvalue weighted by atomic mass is 9.65. The summed E-state index contributed by atoms with van der Waals surface area (Å²) in [5, 5.41) is 7.46. The van der Waals surface area contributed by atoms with Gasteiger partial charge in [0.2, 0.25) is 11.7 Å². The molecule has 5 rings (SSSR count). The van der Waals surface area contributed by atoms with E-state index in [0.717, 1.165) is 40.8 Å². The monoisotopic (exact) mass is 457 g/mol. The van der Waals surface area contributed by atoms with Crippen LogP contribution in [0, 0.1) is 0 Å². The average Bonchev–Trinajstić information content (AvgIpc) is 2.98. The summed E-state index contributed by atoms with van der Waals surface area (Å²) in [6, 6.07) is 8.98. The molecule has 3 aromatic rings. The van der Waals surface area contributed by atoms with Crippen molar-refractivity contribution in [3.8, 4) is 5.69 Å². The van der Waals surface area contributed by atoms with Gasteiger partial charge in [-0.05, 0) is 47.7 Å². The van der Waals surface area contributed by atoms with Crippen molar-refractivity contribution < 1.29 is 4.79 Å². The van der Waals surface area contributed by atoms with Crippen LogP contribution in [-0.4, -0.2) is 20.7 Å². The molecule has 31 heavy (non-hydrogen) atoms. The number of hydrogen-bond acceptors (Lipinski definition) is 5. The van der Waals surface area contributed by atoms with Crippen LogP contribution in [0.25, 0.3) is 5.69 Å². The van der Waals surface area contributed by atoms with Gasteiger partial charge in [0.25, 0.3) is 5.56 Å². The molecule has 2 aliphatic rings. The number of hydrogen-bond donors (Lipinski definition) is 3. The Morgan fingerprint density at radius 1 is 1.10 bits per heavy atom. The zero-order chi connectivity index (χ0) is 21.9. The Morgan fingerprint density at radius 2 is 1.81 bits per heavy atom. The van der Waals surface area contributed by atoms with E-state index >= 15 is 0 Å². The number of carbonyl (C=O) groups is 1. The Morgan fingerprint density at radius 3 is 2.45 bits per heavy atom. The molecule has 8 nitrogen and oxygen atoms in total. The number of H-pyrrole nitrogens is 1. The Kier molecular flexibility index (Phi) is 4.46. The molecule has 0 saturated heterocycles. The van der Waals surface area contributed by atoms with Gasteiger partial charge >= 0.3 is 5.69 Å². The van der Waals surface area contributed by atoms with Crippen LogP contribution in [0.15, 0.2) is 39.9 Å². The fourth-order valence-electron chi connectivity index (χ4n) is 4.27. The zero-order valence-corrected chi connectivity index (χ0v) is 17.7. The number of halogens is 2. The molecule has 1 saturated carbocycles. The number of nitrogens with one attached hydrogen (secondary N) is 2. The maximum absolute atomic E-state index is 12.4. The van der Waals surface area contributed by atoms with Gasteiger partial charge in [-0.15, -0.1) is 5.10 Å². The third-order valence-corrected chi connectivity index (χ3v) is 6.77. The minimum Gasteiger partial charge on any atom is -0.378 e. The van der Waals surface area contributed by atoms with Crippen molar-refractivity contribution in [1.29, 1.82) is 0 Å². The standard InChI is InChI=1S/C21H17Cl2N5O3/c22-14-8-11(28-20(31)26-18(29)17(24)27-28)9-15(23)12(14)6-10-2-3-16-13(7-10)21(4-1-5-21)19(30)25-16/h2-3,7-9H,1,4-6H2,(H2,24,27)(H,25,30)(H,26,29,31). The van der Waals surface area contributed by atoms with E-state index in [0.29, 0.717) is 22.0 Å². The highest BCUT2D eigenvalue weighted by Crippen LogP contribution is 2.51. The molecular formula is C21H17Cl2N5O3. The number of fused-ring (bicyclic) bond motifs is 2. The highest BCUT2D eigenvalue weighted by molar-refractivity contribution is 6.36. The van der Waals surface area contributed by atoms with Crippen LogP contribution in [0.3, 0.4) is 0 Å². The number of aromatic amines is 1. The lowest BCUT2D eigenvalue weighted by Crippen LogP contribution is -2.40. The van der Waals surface area contributed by atoms with Crippen LogP contribution < -0.4 is 22.3 Å². The summed E-state index contributed by atoms with van der Waals surface area (Å²) in [6.07, 6.45) is 3.20. The normalized spacial score (nSPS) is 16.1. The largest absolute Gasteiger partial charge is 0.378 e. The predicted molar refractivity (Wildman–Crippen MR) is 118 cm³/mol. The van der Waals surface area contributed by atoms with Crippen molar-refractivity contribution in [2.75, 3.05) is 11.1 Å². The summed E-state index contributed by atoms with van der Waals surface area (Å²) in [7, 11) is 0. The van der Waals surface area contributed by atoms with Gasteiger partial charge in [0.1, 0.15) is 0 Å². The summed E-state index contributed by atoms with van der Waals surface area (Å²) < 4.78 is 0.936. The smallest absolute Gasteiger partial charge is 0.349 e. The van der Waals surface area contributed by atoms with Crippen molar-refractivity contribution in [3.63, 3.8) is 0 Å². The molecule has 1 fully saturated rings. The molecule has 0 unspecified atom stereocenters. The number of rotatable bonds is 3. The van der Waals surface area contributed by atoms with Crippen LogP contribution in [0.4, 0.5) is 11.5 Å². The number of nitrogens with zero attached hydrogens (tertiary/aromatic N) is 2. The van der Waals surface area contributed by atoms with Crippen molar-refractivity contribution in [3.05, 3.63) is 77.9 Å². The second-order valence-corrected chi connectivity index (χ2v) is 8.71. The number of amides is 1. The van der Waals surface area contributed by atoms with E-state index in [2.05, 4.69) is 15.4 Å². The number of anilines is 2. The average molecular weight is 458 g/mol. The van der Waals surface area contributed by atoms with Crippen LogP contribution >= 0.6 is 23.2 Å². The Hall–Kier alpha value is -3.10. The first-order valence-corrected chi connectivity index (χ1v) is 10.5. The van der Waals surface area contributed by atoms with Gasteiger partial charge in [-0.1, -0.05) is 41.8 Å². The topological polar surface area (TPSA) is 123 Å². The minimum absolute atomic E-state index is 0.0736. The molecule has 1 amide bonds. The summed E-state index contributed by atoms with van der Waals surface area (Å²) in [4.78, 5) is 38.1. The molecule has 1 aliphatic heterocycles. The van der Waals surface area contributed by atoms with Gasteiger partial charge < -0.3 is 11.1 Å². The Balaban J connectivity index is 1.51. The van der Waals surface area contributed by atoms with Gasteiger partial charge in [-0.2, -0.15) is 4.68 Å². The summed E-state index contributed by atoms with van der Waals surface area (Å²) >= 11 is 13.0. The molecule has 1 aliphatic carbocycles. The van der Waals surface area contributed by atoms with Gasteiger partial charge in [-0.3, -0.25) is 14.6 Å². The number of carbonyl (C=O) groups excluding carboxylic acids is 1. The van der Waals surface area contributed by atoms with Gasteiger partial charge in [0, 0.05) is 22.2 Å². The van der Waals surface area contributed by atoms with E-state index in [-0.39, 0.29) is 17.4 Å². The van der Waals surface area contributed by atoms with E-state index in [1.54, 1.807) is 12.1 Å². The fraction of sp³-hybridized carbons (Fsp3) is 0.238. The van der Waals surface area contributed by atoms with Crippen molar-refractivity contribution in [1.82, 2.24) is 14.8 Å². The van der Waals surface area contributed by atoms with Crippen LogP contribution in [0.1, 0.15) is 36.0 Å². The summed E-state index contributed by atoms with van der Waals surface area (Å²) in [5.74, 6) is -0.272. The van der Waals surface area contributed by atoms with E-state index < -0.39 is 16.7 Å². The number of nitrogen functional groups attached to an aromatic ring is 1. The van der Waals surface area contributed by atoms with Crippen molar-refractivity contribution >= 4 is 40.6 Å². The van der Waals surface area contributed by atoms with Crippen molar-refractivity contribution in [2.45, 2.75) is 31.1 Å². The second kappa shape index (κ2) is 6.96. The Labute approximate surface area is 186 Å². The van der Waals surface area contributed by atoms with E-state index in [9.17, 15) is 14.4 Å². The molecule has 158 valence electrons. The van der Waals surface area contributed by atoms with E-state index in [4.69, 9.17) is 28.9 Å². The van der Waals surface area contributed by atoms with Crippen LogP contribution in [-0.2, 0) is 16.6 Å². The first-order valence-electron chi connectivity index (χ1n) is 9.71. The number of benzene rings is 2. The molecule has 1 spiro atoms. The van der Waals surface area contributed by atoms with E-state index in [1.165, 1.54) is 0 Å². The second-order valence-electron chi connectivity index (χ2n) is 7.89. The predicted octanol–water partition coefficient (Wildman–Crippen LogP) is 2.77. The van der Waals surface area contributed by atoms with Gasteiger partial charge in [0.05, 0.1) is 11.1 Å². The zero-order valence-electron chi connectivity index (χ0n) is 16.2. The third-order valence-electron chi connectivity index (χ3n) is 6.09. The summed E-state index contributed by atoms with van der Waals surface area (Å²) in [6.45, 7) is 0. The molecular weight excluding hydrogens is 441 g/mol. The molecule has 2 aromatic carbocycles.